The molecule has 0 amide bonds. The highest BCUT2D eigenvalue weighted by Gasteiger charge is 2.12. The quantitative estimate of drug-likeness (QED) is 0.818. The monoisotopic (exact) mass is 264 g/mol. The van der Waals surface area contributed by atoms with Crippen LogP contribution < -0.4 is 10.2 Å². The van der Waals surface area contributed by atoms with Gasteiger partial charge in [0.25, 0.3) is 0 Å². The SMILES string of the molecule is CCNc1cc(N(C)CC(C)CC)nc(C(C)C)n1. The number of nitrogens with zero attached hydrogens (tertiary/aromatic N) is 3. The second kappa shape index (κ2) is 7.31. The smallest absolute Gasteiger partial charge is 0.135 e. The summed E-state index contributed by atoms with van der Waals surface area (Å²) >= 11 is 0. The van der Waals surface area contributed by atoms with Gasteiger partial charge in [-0.1, -0.05) is 34.1 Å². The van der Waals surface area contributed by atoms with E-state index in [9.17, 15) is 0 Å². The van der Waals surface area contributed by atoms with Gasteiger partial charge in [-0.2, -0.15) is 0 Å². The van der Waals surface area contributed by atoms with Crippen molar-refractivity contribution in [2.75, 3.05) is 30.4 Å². The average molecular weight is 264 g/mol. The first kappa shape index (κ1) is 15.7. The minimum absolute atomic E-state index is 0.342. The van der Waals surface area contributed by atoms with Crippen LogP contribution >= 0.6 is 0 Å². The number of nitrogens with one attached hydrogen (secondary N) is 1. The maximum Gasteiger partial charge on any atom is 0.135 e. The Bertz CT molecular complexity index is 390. The van der Waals surface area contributed by atoms with Crippen molar-refractivity contribution in [1.29, 1.82) is 0 Å². The molecule has 0 bridgehead atoms. The third kappa shape index (κ3) is 4.69. The second-order valence-corrected chi connectivity index (χ2v) is 5.55. The molecule has 0 aromatic carbocycles. The summed E-state index contributed by atoms with van der Waals surface area (Å²) in [7, 11) is 2.11. The predicted octanol–water partition coefficient (Wildman–Crippen LogP) is 3.51. The first-order chi connectivity index (χ1) is 8.97. The molecule has 1 heterocycles. The molecule has 1 N–H and O–H groups in total. The summed E-state index contributed by atoms with van der Waals surface area (Å²) < 4.78 is 0. The molecule has 0 aliphatic carbocycles. The maximum absolute atomic E-state index is 4.68. The van der Waals surface area contributed by atoms with Crippen molar-refractivity contribution in [3.8, 4) is 0 Å². The van der Waals surface area contributed by atoms with Crippen LogP contribution in [0.25, 0.3) is 0 Å². The molecule has 1 rings (SSSR count). The lowest BCUT2D eigenvalue weighted by molar-refractivity contribution is 0.556. The van der Waals surface area contributed by atoms with Crippen molar-refractivity contribution in [2.24, 2.45) is 5.92 Å². The van der Waals surface area contributed by atoms with Gasteiger partial charge in [0.1, 0.15) is 17.5 Å². The fourth-order valence-electron chi connectivity index (χ4n) is 1.87. The van der Waals surface area contributed by atoms with E-state index in [1.807, 2.05) is 6.07 Å². The fraction of sp³-hybridized carbons (Fsp3) is 0.733. The number of rotatable bonds is 7. The van der Waals surface area contributed by atoms with Crippen LogP contribution in [0.4, 0.5) is 11.6 Å². The minimum Gasteiger partial charge on any atom is -0.370 e. The van der Waals surface area contributed by atoms with E-state index in [4.69, 9.17) is 0 Å². The summed E-state index contributed by atoms with van der Waals surface area (Å²) in [6.07, 6.45) is 1.19. The molecule has 0 spiro atoms. The topological polar surface area (TPSA) is 41.0 Å². The number of anilines is 2. The van der Waals surface area contributed by atoms with Crippen LogP contribution in [0.2, 0.25) is 0 Å². The molecule has 1 aromatic rings. The molecule has 1 atom stereocenters. The van der Waals surface area contributed by atoms with Crippen LogP contribution in [0, 0.1) is 5.92 Å². The summed E-state index contributed by atoms with van der Waals surface area (Å²) in [5.74, 6) is 3.85. The average Bonchev–Trinajstić information content (AvgIpc) is 2.38. The largest absolute Gasteiger partial charge is 0.370 e. The van der Waals surface area contributed by atoms with Gasteiger partial charge in [0.2, 0.25) is 0 Å². The summed E-state index contributed by atoms with van der Waals surface area (Å²) in [5, 5.41) is 3.29. The molecule has 108 valence electrons. The molecule has 0 saturated heterocycles. The molecule has 0 aliphatic rings. The Morgan fingerprint density at radius 2 is 1.89 bits per heavy atom. The lowest BCUT2D eigenvalue weighted by Gasteiger charge is -2.23. The summed E-state index contributed by atoms with van der Waals surface area (Å²) in [4.78, 5) is 11.5. The van der Waals surface area contributed by atoms with Gasteiger partial charge in [0.05, 0.1) is 0 Å². The van der Waals surface area contributed by atoms with Crippen LogP contribution in [0.1, 0.15) is 52.8 Å². The van der Waals surface area contributed by atoms with Crippen LogP contribution in [-0.2, 0) is 0 Å². The van der Waals surface area contributed by atoms with Crippen LogP contribution in [0.5, 0.6) is 0 Å². The van der Waals surface area contributed by atoms with Gasteiger partial charge >= 0.3 is 0 Å². The normalized spacial score (nSPS) is 12.6. The van der Waals surface area contributed by atoms with E-state index >= 15 is 0 Å². The molecule has 0 saturated carbocycles. The molecule has 0 fully saturated rings. The van der Waals surface area contributed by atoms with Crippen molar-refractivity contribution < 1.29 is 0 Å². The Kier molecular flexibility index (Phi) is 6.06. The maximum atomic E-state index is 4.68. The van der Waals surface area contributed by atoms with E-state index in [0.29, 0.717) is 11.8 Å². The van der Waals surface area contributed by atoms with Crippen molar-refractivity contribution in [3.05, 3.63) is 11.9 Å². The van der Waals surface area contributed by atoms with Gasteiger partial charge in [-0.25, -0.2) is 9.97 Å². The van der Waals surface area contributed by atoms with Gasteiger partial charge in [-0.3, -0.25) is 0 Å². The lowest BCUT2D eigenvalue weighted by Crippen LogP contribution is -2.25. The standard InChI is InChI=1S/C15H28N4/c1-7-12(5)10-19(6)14-9-13(16-8-2)17-15(18-14)11(3)4/h9,11-12H,7-8,10H2,1-6H3,(H,16,17,18). The van der Waals surface area contributed by atoms with Crippen LogP contribution in [0.15, 0.2) is 6.07 Å². The summed E-state index contributed by atoms with van der Waals surface area (Å²) in [6.45, 7) is 12.7. The Hall–Kier alpha value is -1.32. The van der Waals surface area contributed by atoms with E-state index in [-0.39, 0.29) is 0 Å². The highest BCUT2D eigenvalue weighted by molar-refractivity contribution is 5.49. The fourth-order valence-corrected chi connectivity index (χ4v) is 1.87. The molecule has 4 heteroatoms. The Morgan fingerprint density at radius 3 is 2.42 bits per heavy atom. The number of aromatic nitrogens is 2. The minimum atomic E-state index is 0.342. The summed E-state index contributed by atoms with van der Waals surface area (Å²) in [5.41, 5.74) is 0. The molecular formula is C15H28N4. The highest BCUT2D eigenvalue weighted by Crippen LogP contribution is 2.20. The summed E-state index contributed by atoms with van der Waals surface area (Å²) in [6, 6.07) is 2.04. The Labute approximate surface area is 117 Å². The van der Waals surface area contributed by atoms with Gasteiger partial charge in [0.15, 0.2) is 0 Å². The van der Waals surface area contributed by atoms with Gasteiger partial charge in [0, 0.05) is 32.1 Å². The predicted molar refractivity (Wildman–Crippen MR) is 83.0 cm³/mol. The van der Waals surface area contributed by atoms with Gasteiger partial charge in [-0.05, 0) is 12.8 Å². The molecule has 0 radical (unpaired) electrons. The van der Waals surface area contributed by atoms with E-state index in [0.717, 1.165) is 30.5 Å². The first-order valence-corrected chi connectivity index (χ1v) is 7.31. The number of hydrogen-bond donors (Lipinski definition) is 1. The van der Waals surface area contributed by atoms with Crippen molar-refractivity contribution in [2.45, 2.75) is 47.0 Å². The van der Waals surface area contributed by atoms with Crippen LogP contribution in [-0.4, -0.2) is 30.1 Å². The lowest BCUT2D eigenvalue weighted by atomic mass is 10.1. The van der Waals surface area contributed by atoms with Crippen molar-refractivity contribution in [1.82, 2.24) is 9.97 Å². The van der Waals surface area contributed by atoms with E-state index in [2.05, 4.69) is 61.9 Å². The molecule has 1 unspecified atom stereocenters. The Morgan fingerprint density at radius 1 is 1.21 bits per heavy atom. The molecular weight excluding hydrogens is 236 g/mol. The number of hydrogen-bond acceptors (Lipinski definition) is 4. The van der Waals surface area contributed by atoms with E-state index in [1.54, 1.807) is 0 Å². The molecule has 1 aromatic heterocycles. The van der Waals surface area contributed by atoms with Gasteiger partial charge < -0.3 is 10.2 Å². The molecule has 4 nitrogen and oxygen atoms in total. The molecule has 19 heavy (non-hydrogen) atoms. The zero-order chi connectivity index (χ0) is 14.4. The second-order valence-electron chi connectivity index (χ2n) is 5.55. The highest BCUT2D eigenvalue weighted by atomic mass is 15.2. The first-order valence-electron chi connectivity index (χ1n) is 7.31. The van der Waals surface area contributed by atoms with Crippen molar-refractivity contribution in [3.63, 3.8) is 0 Å². The van der Waals surface area contributed by atoms with Crippen molar-refractivity contribution >= 4 is 11.6 Å². The van der Waals surface area contributed by atoms with E-state index in [1.165, 1.54) is 6.42 Å². The Balaban J connectivity index is 2.97. The zero-order valence-corrected chi connectivity index (χ0v) is 13.2. The third-order valence-electron chi connectivity index (χ3n) is 3.28. The molecule has 0 aliphatic heterocycles. The van der Waals surface area contributed by atoms with Gasteiger partial charge in [-0.15, -0.1) is 0 Å². The van der Waals surface area contributed by atoms with Crippen LogP contribution in [0.3, 0.4) is 0 Å². The third-order valence-corrected chi connectivity index (χ3v) is 3.28. The zero-order valence-electron chi connectivity index (χ0n) is 13.2. The van der Waals surface area contributed by atoms with E-state index < -0.39 is 0 Å².